The van der Waals surface area contributed by atoms with E-state index in [1.54, 1.807) is 11.3 Å². The Morgan fingerprint density at radius 1 is 1.22 bits per heavy atom. The first kappa shape index (κ1) is 11.4. The summed E-state index contributed by atoms with van der Waals surface area (Å²) in [6, 6.07) is 6.07. The highest BCUT2D eigenvalue weighted by atomic mass is 32.1. The maximum absolute atomic E-state index is 4.52. The predicted octanol–water partition coefficient (Wildman–Crippen LogP) is 2.39. The molecule has 3 aromatic heterocycles. The van der Waals surface area contributed by atoms with Crippen molar-refractivity contribution in [3.8, 4) is 0 Å². The fourth-order valence-electron chi connectivity index (χ4n) is 1.88. The average molecular weight is 258 g/mol. The normalized spacial score (nSPS) is 11.2. The van der Waals surface area contributed by atoms with E-state index >= 15 is 0 Å². The Balaban J connectivity index is 1.60. The van der Waals surface area contributed by atoms with Crippen LogP contribution >= 0.6 is 11.3 Å². The van der Waals surface area contributed by atoms with Gasteiger partial charge in [0.2, 0.25) is 0 Å². The van der Waals surface area contributed by atoms with Crippen molar-refractivity contribution in [2.75, 3.05) is 0 Å². The lowest BCUT2D eigenvalue weighted by atomic mass is 10.3. The van der Waals surface area contributed by atoms with Crippen molar-refractivity contribution in [1.29, 1.82) is 0 Å². The fraction of sp³-hybridized carbons (Fsp3) is 0.231. The number of imidazole rings is 1. The van der Waals surface area contributed by atoms with Gasteiger partial charge in [0.1, 0.15) is 0 Å². The number of hydrogen-bond donors (Lipinski definition) is 1. The fourth-order valence-corrected chi connectivity index (χ4v) is 2.60. The maximum atomic E-state index is 4.52. The molecule has 4 nitrogen and oxygen atoms in total. The van der Waals surface area contributed by atoms with Crippen molar-refractivity contribution in [3.05, 3.63) is 53.1 Å². The Morgan fingerprint density at radius 3 is 2.94 bits per heavy atom. The predicted molar refractivity (Wildman–Crippen MR) is 72.6 cm³/mol. The van der Waals surface area contributed by atoms with E-state index in [2.05, 4.69) is 21.5 Å². The number of nitrogens with one attached hydrogen (secondary N) is 1. The van der Waals surface area contributed by atoms with Crippen LogP contribution in [-0.2, 0) is 13.1 Å². The summed E-state index contributed by atoms with van der Waals surface area (Å²) in [6.07, 6.45) is 4.08. The van der Waals surface area contributed by atoms with E-state index in [0.29, 0.717) is 0 Å². The zero-order valence-electron chi connectivity index (χ0n) is 10.1. The lowest BCUT2D eigenvalue weighted by Gasteiger charge is -2.02. The van der Waals surface area contributed by atoms with Gasteiger partial charge in [-0.2, -0.15) is 0 Å². The highest BCUT2D eigenvalue weighted by Gasteiger charge is 2.02. The molecule has 3 aromatic rings. The van der Waals surface area contributed by atoms with Crippen LogP contribution in [0, 0.1) is 6.92 Å². The van der Waals surface area contributed by atoms with Crippen LogP contribution < -0.4 is 5.32 Å². The van der Waals surface area contributed by atoms with Gasteiger partial charge in [-0.15, -0.1) is 11.3 Å². The molecule has 0 bridgehead atoms. The third-order valence-electron chi connectivity index (χ3n) is 2.70. The second-order valence-electron chi connectivity index (χ2n) is 4.20. The van der Waals surface area contributed by atoms with Gasteiger partial charge in [0.05, 0.1) is 11.4 Å². The van der Waals surface area contributed by atoms with Crippen LogP contribution in [0.25, 0.3) is 4.96 Å². The third-order valence-corrected chi connectivity index (χ3v) is 3.47. The Morgan fingerprint density at radius 2 is 2.11 bits per heavy atom. The van der Waals surface area contributed by atoms with Gasteiger partial charge in [0.25, 0.3) is 0 Å². The van der Waals surface area contributed by atoms with E-state index < -0.39 is 0 Å². The Bertz CT molecular complexity index is 627. The molecule has 0 aliphatic carbocycles. The largest absolute Gasteiger partial charge is 0.305 e. The van der Waals surface area contributed by atoms with E-state index in [4.69, 9.17) is 0 Å². The first-order valence-corrected chi connectivity index (χ1v) is 6.73. The van der Waals surface area contributed by atoms with Crippen molar-refractivity contribution in [3.63, 3.8) is 0 Å². The minimum Gasteiger partial charge on any atom is -0.305 e. The zero-order chi connectivity index (χ0) is 12.4. The minimum atomic E-state index is 0.768. The van der Waals surface area contributed by atoms with E-state index in [0.717, 1.165) is 35.1 Å². The van der Waals surface area contributed by atoms with E-state index in [1.165, 1.54) is 0 Å². The quantitative estimate of drug-likeness (QED) is 0.781. The number of thiazole rings is 1. The molecular formula is C13H14N4S. The number of aryl methyl sites for hydroxylation is 1. The molecule has 0 unspecified atom stereocenters. The number of aromatic nitrogens is 3. The van der Waals surface area contributed by atoms with Crippen LogP contribution in [0.1, 0.15) is 17.1 Å². The number of rotatable bonds is 4. The highest BCUT2D eigenvalue weighted by Crippen LogP contribution is 2.11. The molecule has 0 aromatic carbocycles. The molecule has 92 valence electrons. The highest BCUT2D eigenvalue weighted by molar-refractivity contribution is 7.15. The zero-order valence-corrected chi connectivity index (χ0v) is 10.9. The van der Waals surface area contributed by atoms with Crippen molar-refractivity contribution < 1.29 is 0 Å². The first-order chi connectivity index (χ1) is 8.81. The molecule has 0 amide bonds. The Hall–Kier alpha value is -1.72. The summed E-state index contributed by atoms with van der Waals surface area (Å²) in [4.78, 5) is 10.0. The molecule has 0 saturated carbocycles. The lowest BCUT2D eigenvalue weighted by Crippen LogP contribution is -2.14. The summed E-state index contributed by atoms with van der Waals surface area (Å²) in [7, 11) is 0. The SMILES string of the molecule is Cc1cccc(CNCc2cn3ccsc3n2)n1. The second kappa shape index (κ2) is 4.88. The smallest absolute Gasteiger partial charge is 0.193 e. The molecule has 1 N–H and O–H groups in total. The van der Waals surface area contributed by atoms with Gasteiger partial charge in [-0.1, -0.05) is 6.07 Å². The Kier molecular flexibility index (Phi) is 3.08. The standard InChI is InChI=1S/C13H14N4S/c1-10-3-2-4-11(15-10)7-14-8-12-9-17-5-6-18-13(17)16-12/h2-6,9,14H,7-8H2,1H3. The molecule has 3 heterocycles. The van der Waals surface area contributed by atoms with Gasteiger partial charge < -0.3 is 5.32 Å². The number of nitrogens with zero attached hydrogens (tertiary/aromatic N) is 3. The van der Waals surface area contributed by atoms with E-state index in [-0.39, 0.29) is 0 Å². The van der Waals surface area contributed by atoms with Crippen LogP contribution in [0.2, 0.25) is 0 Å². The van der Waals surface area contributed by atoms with Gasteiger partial charge in [-0.3, -0.25) is 9.38 Å². The Labute approximate surface area is 109 Å². The summed E-state index contributed by atoms with van der Waals surface area (Å²) >= 11 is 1.65. The molecular weight excluding hydrogens is 244 g/mol. The van der Waals surface area contributed by atoms with Gasteiger partial charge >= 0.3 is 0 Å². The van der Waals surface area contributed by atoms with Crippen LogP contribution in [0.4, 0.5) is 0 Å². The van der Waals surface area contributed by atoms with Gasteiger partial charge in [-0.25, -0.2) is 4.98 Å². The molecule has 0 saturated heterocycles. The van der Waals surface area contributed by atoms with Crippen LogP contribution in [0.5, 0.6) is 0 Å². The monoisotopic (exact) mass is 258 g/mol. The second-order valence-corrected chi connectivity index (χ2v) is 5.07. The third kappa shape index (κ3) is 2.42. The van der Waals surface area contributed by atoms with Gasteiger partial charge in [0, 0.05) is 36.6 Å². The van der Waals surface area contributed by atoms with Crippen LogP contribution in [0.15, 0.2) is 36.0 Å². The summed E-state index contributed by atoms with van der Waals surface area (Å²) in [5.74, 6) is 0. The average Bonchev–Trinajstić information content (AvgIpc) is 2.89. The van der Waals surface area contributed by atoms with Gasteiger partial charge in [0.15, 0.2) is 4.96 Å². The number of hydrogen-bond acceptors (Lipinski definition) is 4. The number of pyridine rings is 1. The molecule has 18 heavy (non-hydrogen) atoms. The molecule has 3 rings (SSSR count). The van der Waals surface area contributed by atoms with Crippen LogP contribution in [0.3, 0.4) is 0 Å². The summed E-state index contributed by atoms with van der Waals surface area (Å²) in [5.41, 5.74) is 3.18. The molecule has 0 fully saturated rings. The van der Waals surface area contributed by atoms with Crippen molar-refractivity contribution in [2.24, 2.45) is 0 Å². The van der Waals surface area contributed by atoms with Crippen LogP contribution in [-0.4, -0.2) is 14.4 Å². The maximum Gasteiger partial charge on any atom is 0.193 e. The van der Waals surface area contributed by atoms with E-state index in [1.807, 2.05) is 41.1 Å². The lowest BCUT2D eigenvalue weighted by molar-refractivity contribution is 0.669. The van der Waals surface area contributed by atoms with Crippen molar-refractivity contribution >= 4 is 16.3 Å². The molecule has 5 heteroatoms. The molecule has 0 aliphatic rings. The topological polar surface area (TPSA) is 42.2 Å². The molecule has 0 atom stereocenters. The summed E-state index contributed by atoms with van der Waals surface area (Å²) in [6.45, 7) is 3.55. The van der Waals surface area contributed by atoms with E-state index in [9.17, 15) is 0 Å². The molecule has 0 aliphatic heterocycles. The molecule has 0 radical (unpaired) electrons. The van der Waals surface area contributed by atoms with Gasteiger partial charge in [-0.05, 0) is 19.1 Å². The summed E-state index contributed by atoms with van der Waals surface area (Å²) in [5, 5.41) is 5.40. The molecule has 0 spiro atoms. The first-order valence-electron chi connectivity index (χ1n) is 5.85. The minimum absolute atomic E-state index is 0.768. The van der Waals surface area contributed by atoms with Crippen molar-refractivity contribution in [2.45, 2.75) is 20.0 Å². The summed E-state index contributed by atoms with van der Waals surface area (Å²) < 4.78 is 2.05. The van der Waals surface area contributed by atoms with Crippen molar-refractivity contribution in [1.82, 2.24) is 19.7 Å². The number of fused-ring (bicyclic) bond motifs is 1.